The number of anilines is 2. The van der Waals surface area contributed by atoms with Crippen LogP contribution in [0.25, 0.3) is 0 Å². The Hall–Kier alpha value is -3.58. The zero-order valence-electron chi connectivity index (χ0n) is 20.5. The molecule has 1 saturated heterocycles. The second kappa shape index (κ2) is 11.0. The molecule has 1 atom stereocenters. The van der Waals surface area contributed by atoms with Crippen LogP contribution in [-0.2, 0) is 23.1 Å². The molecule has 1 aliphatic heterocycles. The van der Waals surface area contributed by atoms with Crippen molar-refractivity contribution in [1.82, 2.24) is 19.7 Å². The van der Waals surface area contributed by atoms with Gasteiger partial charge in [0.2, 0.25) is 5.91 Å². The number of carbonyl (C=O) groups is 1. The molecule has 8 nitrogen and oxygen atoms in total. The molecule has 13 heteroatoms. The summed E-state index contributed by atoms with van der Waals surface area (Å²) in [5, 5.41) is 18.0. The number of aliphatic hydroxyl groups is 1. The lowest BCUT2D eigenvalue weighted by molar-refractivity contribution is -0.137. The van der Waals surface area contributed by atoms with Crippen molar-refractivity contribution in [2.75, 3.05) is 42.9 Å². The molecule has 204 valence electrons. The summed E-state index contributed by atoms with van der Waals surface area (Å²) in [5.74, 6) is -2.10. The molecule has 0 spiro atoms. The summed E-state index contributed by atoms with van der Waals surface area (Å²) >= 11 is 0. The van der Waals surface area contributed by atoms with E-state index in [4.69, 9.17) is 0 Å². The molecule has 1 aliphatic rings. The van der Waals surface area contributed by atoms with Gasteiger partial charge < -0.3 is 15.3 Å². The van der Waals surface area contributed by atoms with Crippen molar-refractivity contribution in [2.24, 2.45) is 0 Å². The fraction of sp³-hybridized carbons (Fsp3) is 0.400. The van der Waals surface area contributed by atoms with E-state index >= 15 is 0 Å². The van der Waals surface area contributed by atoms with Gasteiger partial charge in [0, 0.05) is 62.1 Å². The molecule has 1 amide bonds. The van der Waals surface area contributed by atoms with Crippen LogP contribution in [-0.4, -0.2) is 63.4 Å². The van der Waals surface area contributed by atoms with Crippen LogP contribution in [0.4, 0.5) is 33.3 Å². The van der Waals surface area contributed by atoms with Crippen LogP contribution >= 0.6 is 0 Å². The van der Waals surface area contributed by atoms with Crippen LogP contribution in [0.5, 0.6) is 0 Å². The third kappa shape index (κ3) is 6.27. The first-order valence-corrected chi connectivity index (χ1v) is 12.0. The number of piperazine rings is 1. The fourth-order valence-electron chi connectivity index (χ4n) is 4.55. The molecular formula is C25H27F5N6O2. The average Bonchev–Trinajstić information content (AvgIpc) is 3.36. The number of hydrogen-bond donors (Lipinski definition) is 2. The number of rotatable bonds is 8. The monoisotopic (exact) mass is 538 g/mol. The number of carbonyl (C=O) groups excluding carboxylic acids is 1. The fourth-order valence-corrected chi connectivity index (χ4v) is 4.55. The minimum Gasteiger partial charge on any atom is -0.382 e. The van der Waals surface area contributed by atoms with Gasteiger partial charge in [0.15, 0.2) is 0 Å². The molecule has 2 aromatic carbocycles. The number of amides is 1. The van der Waals surface area contributed by atoms with Gasteiger partial charge in [0.05, 0.1) is 12.1 Å². The standard InChI is InChI=1S/C25H27F5N6O2/c1-2-23(37)33-18-4-6-22(20(12-18)25(28,29)30)35-9-7-34(8-10-35)13-24(38,14-36-16-31-15-32-36)19-5-3-17(26)11-21(19)27/h3-6,11-12,15-16,38H,2,7-10,13-14H2,1H3,(H,33,37). The van der Waals surface area contributed by atoms with Gasteiger partial charge in [0.25, 0.3) is 0 Å². The quantitative estimate of drug-likeness (QED) is 0.426. The van der Waals surface area contributed by atoms with Crippen molar-refractivity contribution in [1.29, 1.82) is 0 Å². The Morgan fingerprint density at radius 1 is 1.03 bits per heavy atom. The van der Waals surface area contributed by atoms with Crippen molar-refractivity contribution in [2.45, 2.75) is 31.7 Å². The zero-order valence-corrected chi connectivity index (χ0v) is 20.5. The number of benzene rings is 2. The lowest BCUT2D eigenvalue weighted by atomic mass is 9.92. The number of alkyl halides is 3. The Kier molecular flexibility index (Phi) is 7.97. The highest BCUT2D eigenvalue weighted by molar-refractivity contribution is 5.91. The molecule has 2 N–H and O–H groups in total. The molecular weight excluding hydrogens is 511 g/mol. The molecule has 1 aromatic heterocycles. The van der Waals surface area contributed by atoms with Crippen molar-refractivity contribution in [3.63, 3.8) is 0 Å². The van der Waals surface area contributed by atoms with Gasteiger partial charge in [-0.2, -0.15) is 18.3 Å². The van der Waals surface area contributed by atoms with Gasteiger partial charge in [-0.05, 0) is 24.3 Å². The first kappa shape index (κ1) is 27.5. The van der Waals surface area contributed by atoms with E-state index in [-0.39, 0.29) is 62.6 Å². The van der Waals surface area contributed by atoms with E-state index in [0.29, 0.717) is 6.07 Å². The van der Waals surface area contributed by atoms with Crippen molar-refractivity contribution >= 4 is 17.3 Å². The number of β-amino-alcohol motifs (C(OH)–C–C–N with tert-alkyl or cyclic N) is 1. The summed E-state index contributed by atoms with van der Waals surface area (Å²) in [6.45, 7) is 2.31. The molecule has 0 aliphatic carbocycles. The summed E-state index contributed by atoms with van der Waals surface area (Å²) in [6.07, 6.45) is -1.89. The SMILES string of the molecule is CCC(=O)Nc1ccc(N2CCN(CC(O)(Cn3cncn3)c3ccc(F)cc3F)CC2)c(C(F)(F)F)c1. The van der Waals surface area contributed by atoms with Gasteiger partial charge in [0.1, 0.15) is 29.9 Å². The number of nitrogens with one attached hydrogen (secondary N) is 1. The molecule has 2 heterocycles. The number of aromatic nitrogens is 3. The topological polar surface area (TPSA) is 86.5 Å². The number of hydrogen-bond acceptors (Lipinski definition) is 6. The third-order valence-electron chi connectivity index (χ3n) is 6.43. The Bertz CT molecular complexity index is 1260. The molecule has 38 heavy (non-hydrogen) atoms. The summed E-state index contributed by atoms with van der Waals surface area (Å²) in [5.41, 5.74) is -2.76. The maximum atomic E-state index is 14.7. The lowest BCUT2D eigenvalue weighted by Crippen LogP contribution is -2.52. The van der Waals surface area contributed by atoms with E-state index in [1.165, 1.54) is 35.5 Å². The Balaban J connectivity index is 1.52. The molecule has 0 saturated carbocycles. The highest BCUT2D eigenvalue weighted by Gasteiger charge is 2.38. The number of nitrogens with zero attached hydrogens (tertiary/aromatic N) is 5. The smallest absolute Gasteiger partial charge is 0.382 e. The van der Waals surface area contributed by atoms with Crippen LogP contribution in [0.2, 0.25) is 0 Å². The van der Waals surface area contributed by atoms with Gasteiger partial charge >= 0.3 is 6.18 Å². The average molecular weight is 539 g/mol. The predicted octanol–water partition coefficient (Wildman–Crippen LogP) is 3.63. The van der Waals surface area contributed by atoms with Crippen LogP contribution in [0.1, 0.15) is 24.5 Å². The first-order valence-electron chi connectivity index (χ1n) is 12.0. The molecule has 1 unspecified atom stereocenters. The summed E-state index contributed by atoms with van der Waals surface area (Å²) in [6, 6.07) is 6.59. The molecule has 0 bridgehead atoms. The number of halogens is 5. The maximum Gasteiger partial charge on any atom is 0.418 e. The van der Waals surface area contributed by atoms with Crippen LogP contribution in [0.3, 0.4) is 0 Å². The highest BCUT2D eigenvalue weighted by atomic mass is 19.4. The van der Waals surface area contributed by atoms with E-state index < -0.39 is 34.9 Å². The van der Waals surface area contributed by atoms with Gasteiger partial charge in [-0.25, -0.2) is 18.4 Å². The molecule has 4 rings (SSSR count). The lowest BCUT2D eigenvalue weighted by Gasteiger charge is -2.41. The summed E-state index contributed by atoms with van der Waals surface area (Å²) in [7, 11) is 0. The Morgan fingerprint density at radius 3 is 2.37 bits per heavy atom. The van der Waals surface area contributed by atoms with Crippen molar-refractivity contribution in [3.8, 4) is 0 Å². The van der Waals surface area contributed by atoms with E-state index in [1.54, 1.807) is 16.7 Å². The minimum atomic E-state index is -4.64. The van der Waals surface area contributed by atoms with E-state index in [0.717, 1.165) is 12.1 Å². The summed E-state index contributed by atoms with van der Waals surface area (Å²) in [4.78, 5) is 18.9. The van der Waals surface area contributed by atoms with Crippen LogP contribution in [0.15, 0.2) is 49.1 Å². The van der Waals surface area contributed by atoms with Gasteiger partial charge in [-0.1, -0.05) is 13.0 Å². The second-order valence-corrected chi connectivity index (χ2v) is 9.14. The first-order chi connectivity index (χ1) is 18.0. The third-order valence-corrected chi connectivity index (χ3v) is 6.43. The Labute approximate surface area is 215 Å². The van der Waals surface area contributed by atoms with E-state index in [1.807, 2.05) is 0 Å². The second-order valence-electron chi connectivity index (χ2n) is 9.14. The molecule has 3 aromatic rings. The van der Waals surface area contributed by atoms with E-state index in [2.05, 4.69) is 15.4 Å². The van der Waals surface area contributed by atoms with Crippen LogP contribution < -0.4 is 10.2 Å². The van der Waals surface area contributed by atoms with Gasteiger partial charge in [-0.3, -0.25) is 9.69 Å². The minimum absolute atomic E-state index is 0.0193. The summed E-state index contributed by atoms with van der Waals surface area (Å²) < 4.78 is 71.2. The van der Waals surface area contributed by atoms with E-state index in [9.17, 15) is 31.9 Å². The molecule has 1 fully saturated rings. The maximum absolute atomic E-state index is 14.7. The highest BCUT2D eigenvalue weighted by Crippen LogP contribution is 2.39. The van der Waals surface area contributed by atoms with Crippen molar-refractivity contribution < 1.29 is 31.9 Å². The molecule has 0 radical (unpaired) electrons. The largest absolute Gasteiger partial charge is 0.418 e. The predicted molar refractivity (Wildman–Crippen MR) is 129 cm³/mol. The zero-order chi connectivity index (χ0) is 27.5. The van der Waals surface area contributed by atoms with Crippen LogP contribution in [0, 0.1) is 11.6 Å². The van der Waals surface area contributed by atoms with Crippen molar-refractivity contribution in [3.05, 3.63) is 71.8 Å². The van der Waals surface area contributed by atoms with Gasteiger partial charge in [-0.15, -0.1) is 0 Å². The Morgan fingerprint density at radius 2 is 1.76 bits per heavy atom. The normalized spacial score (nSPS) is 16.3.